The number of nitrogens with zero attached hydrogens (tertiary/aromatic N) is 3. The van der Waals surface area contributed by atoms with E-state index in [-0.39, 0.29) is 5.91 Å². The smallest absolute Gasteiger partial charge is 0.274 e. The van der Waals surface area contributed by atoms with Crippen LogP contribution in [0.2, 0.25) is 0 Å². The Balaban J connectivity index is 2.06. The molecule has 2 rings (SSSR count). The zero-order valence-electron chi connectivity index (χ0n) is 11.0. The van der Waals surface area contributed by atoms with Crippen LogP contribution in [0.4, 0.5) is 5.82 Å². The Labute approximate surface area is 108 Å². The first-order chi connectivity index (χ1) is 8.76. The number of amides is 1. The maximum absolute atomic E-state index is 12.3. The van der Waals surface area contributed by atoms with Gasteiger partial charge in [0.2, 0.25) is 0 Å². The molecule has 1 heterocycles. The van der Waals surface area contributed by atoms with E-state index in [1.807, 2.05) is 4.90 Å². The fraction of sp³-hybridized carbons (Fsp3) is 0.615. The van der Waals surface area contributed by atoms with Crippen LogP contribution in [0.15, 0.2) is 12.4 Å². The van der Waals surface area contributed by atoms with Crippen molar-refractivity contribution in [1.29, 1.82) is 0 Å². The van der Waals surface area contributed by atoms with Crippen molar-refractivity contribution in [3.05, 3.63) is 18.1 Å². The van der Waals surface area contributed by atoms with Gasteiger partial charge in [-0.05, 0) is 19.3 Å². The Bertz CT molecular complexity index is 400. The van der Waals surface area contributed by atoms with Gasteiger partial charge in [0.25, 0.3) is 5.91 Å². The summed E-state index contributed by atoms with van der Waals surface area (Å²) in [5, 5.41) is 2.89. The highest BCUT2D eigenvalue weighted by Crippen LogP contribution is 2.28. The predicted molar refractivity (Wildman–Crippen MR) is 70.5 cm³/mol. The van der Waals surface area contributed by atoms with Gasteiger partial charge in [0.1, 0.15) is 11.5 Å². The van der Waals surface area contributed by atoms with Gasteiger partial charge in [0.15, 0.2) is 0 Å². The van der Waals surface area contributed by atoms with E-state index in [0.29, 0.717) is 17.6 Å². The van der Waals surface area contributed by atoms with Crippen molar-refractivity contribution < 1.29 is 4.79 Å². The van der Waals surface area contributed by atoms with Gasteiger partial charge in [-0.3, -0.25) is 4.79 Å². The summed E-state index contributed by atoms with van der Waals surface area (Å²) in [6.45, 7) is 2.96. The largest absolute Gasteiger partial charge is 0.372 e. The van der Waals surface area contributed by atoms with Crippen LogP contribution < -0.4 is 5.32 Å². The summed E-state index contributed by atoms with van der Waals surface area (Å²) >= 11 is 0. The van der Waals surface area contributed by atoms with Crippen LogP contribution in [0.5, 0.6) is 0 Å². The molecule has 1 aliphatic carbocycles. The van der Waals surface area contributed by atoms with E-state index in [9.17, 15) is 4.79 Å². The maximum atomic E-state index is 12.3. The lowest BCUT2D eigenvalue weighted by Crippen LogP contribution is -2.34. The first kappa shape index (κ1) is 12.8. The number of anilines is 1. The number of unbranched alkanes of at least 4 members (excludes halogenated alkanes) is 1. The van der Waals surface area contributed by atoms with Crippen molar-refractivity contribution in [2.75, 3.05) is 18.9 Å². The minimum absolute atomic E-state index is 0.0149. The highest BCUT2D eigenvalue weighted by molar-refractivity contribution is 5.92. The first-order valence-corrected chi connectivity index (χ1v) is 6.57. The second-order valence-corrected chi connectivity index (χ2v) is 4.62. The molecule has 0 bridgehead atoms. The number of rotatable bonds is 6. The summed E-state index contributed by atoms with van der Waals surface area (Å²) in [5.41, 5.74) is 0.442. The molecule has 1 N–H and O–H groups in total. The summed E-state index contributed by atoms with van der Waals surface area (Å²) in [6.07, 6.45) is 7.54. The highest BCUT2D eigenvalue weighted by Gasteiger charge is 2.33. The van der Waals surface area contributed by atoms with Crippen LogP contribution in [0.25, 0.3) is 0 Å². The van der Waals surface area contributed by atoms with E-state index >= 15 is 0 Å². The molecule has 0 radical (unpaired) electrons. The quantitative estimate of drug-likeness (QED) is 0.835. The van der Waals surface area contributed by atoms with Gasteiger partial charge in [0.05, 0.1) is 12.4 Å². The molecule has 0 spiro atoms. The Kier molecular flexibility index (Phi) is 4.12. The average molecular weight is 248 g/mol. The van der Waals surface area contributed by atoms with E-state index in [1.54, 1.807) is 19.4 Å². The summed E-state index contributed by atoms with van der Waals surface area (Å²) in [6, 6.07) is 0.426. The van der Waals surface area contributed by atoms with Crippen molar-refractivity contribution >= 4 is 11.7 Å². The fourth-order valence-electron chi connectivity index (χ4n) is 1.88. The molecular weight excluding hydrogens is 228 g/mol. The van der Waals surface area contributed by atoms with Gasteiger partial charge in [-0.1, -0.05) is 13.3 Å². The molecule has 1 aliphatic rings. The predicted octanol–water partition coefficient (Wildman–Crippen LogP) is 1.92. The number of hydrogen-bond acceptors (Lipinski definition) is 4. The topological polar surface area (TPSA) is 58.1 Å². The normalized spacial score (nSPS) is 14.3. The van der Waals surface area contributed by atoms with Gasteiger partial charge in [-0.2, -0.15) is 0 Å². The molecule has 1 amide bonds. The molecule has 18 heavy (non-hydrogen) atoms. The molecule has 98 valence electrons. The van der Waals surface area contributed by atoms with E-state index in [2.05, 4.69) is 22.2 Å². The fourth-order valence-corrected chi connectivity index (χ4v) is 1.88. The highest BCUT2D eigenvalue weighted by atomic mass is 16.2. The summed E-state index contributed by atoms with van der Waals surface area (Å²) in [7, 11) is 1.78. The Morgan fingerprint density at radius 2 is 2.22 bits per heavy atom. The Hall–Kier alpha value is -1.65. The monoisotopic (exact) mass is 248 g/mol. The van der Waals surface area contributed by atoms with E-state index in [0.717, 1.165) is 32.2 Å². The number of aromatic nitrogens is 2. The van der Waals surface area contributed by atoms with Crippen molar-refractivity contribution in [3.8, 4) is 0 Å². The minimum atomic E-state index is 0.0149. The lowest BCUT2D eigenvalue weighted by molar-refractivity contribution is 0.0734. The second-order valence-electron chi connectivity index (χ2n) is 4.62. The van der Waals surface area contributed by atoms with E-state index in [4.69, 9.17) is 0 Å². The number of carbonyl (C=O) groups excluding carboxylic acids is 1. The average Bonchev–Trinajstić information content (AvgIpc) is 3.24. The Morgan fingerprint density at radius 1 is 1.44 bits per heavy atom. The van der Waals surface area contributed by atoms with Gasteiger partial charge in [-0.15, -0.1) is 0 Å². The SMILES string of the molecule is CCCCN(C(=O)c1cnc(NC)cn1)C1CC1. The molecule has 0 unspecified atom stereocenters. The van der Waals surface area contributed by atoms with E-state index in [1.165, 1.54) is 0 Å². The van der Waals surface area contributed by atoms with Crippen LogP contribution in [0, 0.1) is 0 Å². The molecular formula is C13H20N4O. The molecule has 0 aromatic carbocycles. The molecule has 5 nitrogen and oxygen atoms in total. The number of hydrogen-bond donors (Lipinski definition) is 1. The first-order valence-electron chi connectivity index (χ1n) is 6.57. The number of nitrogens with one attached hydrogen (secondary N) is 1. The third-order valence-corrected chi connectivity index (χ3v) is 3.13. The molecule has 1 aromatic heterocycles. The van der Waals surface area contributed by atoms with Crippen LogP contribution >= 0.6 is 0 Å². The lowest BCUT2D eigenvalue weighted by atomic mass is 10.3. The molecule has 5 heteroatoms. The van der Waals surface area contributed by atoms with Crippen molar-refractivity contribution in [2.24, 2.45) is 0 Å². The van der Waals surface area contributed by atoms with Crippen LogP contribution in [0.3, 0.4) is 0 Å². The van der Waals surface area contributed by atoms with Gasteiger partial charge in [0, 0.05) is 19.6 Å². The molecule has 0 atom stereocenters. The zero-order chi connectivity index (χ0) is 13.0. The lowest BCUT2D eigenvalue weighted by Gasteiger charge is -2.21. The summed E-state index contributed by atoms with van der Waals surface area (Å²) in [5.74, 6) is 0.694. The van der Waals surface area contributed by atoms with Crippen molar-refractivity contribution in [2.45, 2.75) is 38.6 Å². The van der Waals surface area contributed by atoms with Crippen LogP contribution in [-0.4, -0.2) is 40.4 Å². The molecule has 1 fully saturated rings. The molecule has 1 saturated carbocycles. The van der Waals surface area contributed by atoms with Crippen LogP contribution in [0.1, 0.15) is 43.1 Å². The van der Waals surface area contributed by atoms with Crippen LogP contribution in [-0.2, 0) is 0 Å². The third-order valence-electron chi connectivity index (χ3n) is 3.13. The van der Waals surface area contributed by atoms with E-state index < -0.39 is 0 Å². The molecule has 0 saturated heterocycles. The third kappa shape index (κ3) is 2.97. The summed E-state index contributed by atoms with van der Waals surface area (Å²) < 4.78 is 0. The van der Waals surface area contributed by atoms with Gasteiger partial charge in [-0.25, -0.2) is 9.97 Å². The van der Waals surface area contributed by atoms with Crippen molar-refractivity contribution in [1.82, 2.24) is 14.9 Å². The minimum Gasteiger partial charge on any atom is -0.372 e. The van der Waals surface area contributed by atoms with Crippen molar-refractivity contribution in [3.63, 3.8) is 0 Å². The molecule has 1 aromatic rings. The number of carbonyl (C=O) groups is 1. The maximum Gasteiger partial charge on any atom is 0.274 e. The zero-order valence-corrected chi connectivity index (χ0v) is 11.0. The van der Waals surface area contributed by atoms with Gasteiger partial charge < -0.3 is 10.2 Å². The summed E-state index contributed by atoms with van der Waals surface area (Å²) in [4.78, 5) is 22.6. The Morgan fingerprint density at radius 3 is 2.72 bits per heavy atom. The standard InChI is InChI=1S/C13H20N4O/c1-3-4-7-17(10-5-6-10)13(18)11-8-16-12(14-2)9-15-11/h8-10H,3-7H2,1-2H3,(H,14,16). The van der Waals surface area contributed by atoms with Gasteiger partial charge >= 0.3 is 0 Å². The molecule has 0 aliphatic heterocycles. The second kappa shape index (κ2) is 5.80.